The maximum Gasteiger partial charge on any atom is 0.237 e. The van der Waals surface area contributed by atoms with E-state index < -0.39 is 0 Å². The van der Waals surface area contributed by atoms with Gasteiger partial charge in [-0.2, -0.15) is 0 Å². The fourth-order valence-electron chi connectivity index (χ4n) is 1.05. The molecule has 0 radical (unpaired) electrons. The predicted octanol–water partition coefficient (Wildman–Crippen LogP) is 2.62. The average Bonchev–Trinajstić information content (AvgIpc) is 2.13. The predicted molar refractivity (Wildman–Crippen MR) is 67.5 cm³/mol. The standard InChI is InChI=1S/C11H17BrN2O2/c1-11(2,3)16-5-4-15-10-9(13)6-8(12)7-14-10/h6-7H,4-5,13H2,1-3H3. The summed E-state index contributed by atoms with van der Waals surface area (Å²) in [6, 6.07) is 1.76. The minimum atomic E-state index is -0.151. The van der Waals surface area contributed by atoms with Crippen molar-refractivity contribution < 1.29 is 9.47 Å². The quantitative estimate of drug-likeness (QED) is 0.866. The van der Waals surface area contributed by atoms with Crippen LogP contribution in [0.3, 0.4) is 0 Å². The normalized spacial score (nSPS) is 11.5. The van der Waals surface area contributed by atoms with E-state index in [1.54, 1.807) is 12.3 Å². The van der Waals surface area contributed by atoms with Crippen molar-refractivity contribution in [2.24, 2.45) is 0 Å². The lowest BCUT2D eigenvalue weighted by molar-refractivity contribution is -0.0167. The average molecular weight is 289 g/mol. The highest BCUT2D eigenvalue weighted by molar-refractivity contribution is 9.10. The molecule has 0 fully saturated rings. The van der Waals surface area contributed by atoms with Gasteiger partial charge < -0.3 is 15.2 Å². The Morgan fingerprint density at radius 2 is 2.06 bits per heavy atom. The second kappa shape index (κ2) is 5.50. The molecule has 0 aromatic carbocycles. The Morgan fingerprint density at radius 1 is 1.38 bits per heavy atom. The molecule has 2 N–H and O–H groups in total. The second-order valence-electron chi connectivity index (χ2n) is 4.36. The van der Waals surface area contributed by atoms with E-state index >= 15 is 0 Å². The Labute approximate surface area is 104 Å². The molecule has 0 saturated carbocycles. The van der Waals surface area contributed by atoms with Crippen LogP contribution in [0.15, 0.2) is 16.7 Å². The highest BCUT2D eigenvalue weighted by Gasteiger charge is 2.10. The van der Waals surface area contributed by atoms with Crippen LogP contribution < -0.4 is 10.5 Å². The number of nitrogens with zero attached hydrogens (tertiary/aromatic N) is 1. The minimum Gasteiger partial charge on any atom is -0.474 e. The van der Waals surface area contributed by atoms with Crippen LogP contribution >= 0.6 is 15.9 Å². The van der Waals surface area contributed by atoms with Crippen molar-refractivity contribution in [2.45, 2.75) is 26.4 Å². The lowest BCUT2D eigenvalue weighted by atomic mass is 10.2. The first-order valence-electron chi connectivity index (χ1n) is 5.06. The van der Waals surface area contributed by atoms with E-state index in [4.69, 9.17) is 15.2 Å². The molecule has 1 aromatic heterocycles. The Kier molecular flexibility index (Phi) is 4.56. The molecule has 5 heteroatoms. The van der Waals surface area contributed by atoms with Gasteiger partial charge in [-0.3, -0.25) is 0 Å². The summed E-state index contributed by atoms with van der Waals surface area (Å²) in [5.74, 6) is 0.445. The van der Waals surface area contributed by atoms with Crippen LogP contribution in [-0.4, -0.2) is 23.8 Å². The Morgan fingerprint density at radius 3 is 2.62 bits per heavy atom. The summed E-state index contributed by atoms with van der Waals surface area (Å²) in [6.45, 7) is 6.95. The van der Waals surface area contributed by atoms with Gasteiger partial charge in [0, 0.05) is 10.7 Å². The van der Waals surface area contributed by atoms with Gasteiger partial charge in [0.25, 0.3) is 0 Å². The summed E-state index contributed by atoms with van der Waals surface area (Å²) >= 11 is 3.28. The number of pyridine rings is 1. The van der Waals surface area contributed by atoms with Gasteiger partial charge in [0.15, 0.2) is 0 Å². The minimum absolute atomic E-state index is 0.151. The summed E-state index contributed by atoms with van der Waals surface area (Å²) in [6.07, 6.45) is 1.65. The topological polar surface area (TPSA) is 57.4 Å². The number of halogens is 1. The second-order valence-corrected chi connectivity index (χ2v) is 5.27. The lowest BCUT2D eigenvalue weighted by Gasteiger charge is -2.19. The number of hydrogen-bond acceptors (Lipinski definition) is 4. The highest BCUT2D eigenvalue weighted by atomic mass is 79.9. The molecule has 1 heterocycles. The summed E-state index contributed by atoms with van der Waals surface area (Å²) in [5, 5.41) is 0. The van der Waals surface area contributed by atoms with Crippen molar-refractivity contribution in [1.82, 2.24) is 4.98 Å². The molecule has 4 nitrogen and oxygen atoms in total. The zero-order valence-electron chi connectivity index (χ0n) is 9.79. The Balaban J connectivity index is 2.38. The van der Waals surface area contributed by atoms with E-state index in [9.17, 15) is 0 Å². The third-order valence-electron chi connectivity index (χ3n) is 1.70. The monoisotopic (exact) mass is 288 g/mol. The molecule has 0 unspecified atom stereocenters. The molecule has 0 atom stereocenters. The van der Waals surface area contributed by atoms with Crippen molar-refractivity contribution in [3.8, 4) is 5.88 Å². The summed E-state index contributed by atoms with van der Waals surface area (Å²) < 4.78 is 11.8. The van der Waals surface area contributed by atoms with Crippen LogP contribution in [0.2, 0.25) is 0 Å². The van der Waals surface area contributed by atoms with Gasteiger partial charge in [0.05, 0.1) is 17.9 Å². The van der Waals surface area contributed by atoms with Crippen LogP contribution in [0.1, 0.15) is 20.8 Å². The maximum atomic E-state index is 5.73. The van der Waals surface area contributed by atoms with Crippen molar-refractivity contribution in [3.05, 3.63) is 16.7 Å². The maximum absolute atomic E-state index is 5.73. The number of rotatable bonds is 4. The molecule has 90 valence electrons. The van der Waals surface area contributed by atoms with E-state index in [1.165, 1.54) is 0 Å². The molecule has 1 aromatic rings. The zero-order valence-corrected chi connectivity index (χ0v) is 11.4. The van der Waals surface area contributed by atoms with Crippen LogP contribution in [0.5, 0.6) is 5.88 Å². The first-order valence-corrected chi connectivity index (χ1v) is 5.85. The van der Waals surface area contributed by atoms with Crippen LogP contribution in [0.4, 0.5) is 5.69 Å². The molecule has 0 saturated heterocycles. The number of nitrogens with two attached hydrogens (primary N) is 1. The van der Waals surface area contributed by atoms with Crippen LogP contribution in [-0.2, 0) is 4.74 Å². The lowest BCUT2D eigenvalue weighted by Crippen LogP contribution is -2.22. The number of hydrogen-bond donors (Lipinski definition) is 1. The molecule has 0 amide bonds. The third-order valence-corrected chi connectivity index (χ3v) is 2.14. The Bertz CT molecular complexity index is 350. The highest BCUT2D eigenvalue weighted by Crippen LogP contribution is 2.21. The summed E-state index contributed by atoms with van der Waals surface area (Å²) in [7, 11) is 0. The summed E-state index contributed by atoms with van der Waals surface area (Å²) in [5.41, 5.74) is 6.10. The first kappa shape index (κ1) is 13.3. The molecule has 0 spiro atoms. The van der Waals surface area contributed by atoms with Gasteiger partial charge in [-0.1, -0.05) is 0 Å². The molecule has 1 rings (SSSR count). The van der Waals surface area contributed by atoms with E-state index in [-0.39, 0.29) is 5.60 Å². The van der Waals surface area contributed by atoms with Crippen molar-refractivity contribution >= 4 is 21.6 Å². The van der Waals surface area contributed by atoms with Crippen molar-refractivity contribution in [1.29, 1.82) is 0 Å². The number of anilines is 1. The van der Waals surface area contributed by atoms with E-state index in [1.807, 2.05) is 20.8 Å². The van der Waals surface area contributed by atoms with E-state index in [0.29, 0.717) is 24.8 Å². The fraction of sp³-hybridized carbons (Fsp3) is 0.545. The molecule has 0 aliphatic heterocycles. The van der Waals surface area contributed by atoms with E-state index in [0.717, 1.165) is 4.47 Å². The fourth-order valence-corrected chi connectivity index (χ4v) is 1.40. The number of nitrogen functional groups attached to an aromatic ring is 1. The number of ether oxygens (including phenoxy) is 2. The van der Waals surface area contributed by atoms with Gasteiger partial charge in [0.2, 0.25) is 5.88 Å². The first-order chi connectivity index (χ1) is 7.38. The van der Waals surface area contributed by atoms with Gasteiger partial charge in [-0.05, 0) is 42.8 Å². The molecule has 16 heavy (non-hydrogen) atoms. The van der Waals surface area contributed by atoms with Gasteiger partial charge in [0.1, 0.15) is 6.61 Å². The van der Waals surface area contributed by atoms with Gasteiger partial charge >= 0.3 is 0 Å². The largest absolute Gasteiger partial charge is 0.474 e. The van der Waals surface area contributed by atoms with Crippen LogP contribution in [0, 0.1) is 0 Å². The smallest absolute Gasteiger partial charge is 0.237 e. The van der Waals surface area contributed by atoms with Crippen molar-refractivity contribution in [3.63, 3.8) is 0 Å². The van der Waals surface area contributed by atoms with Crippen molar-refractivity contribution in [2.75, 3.05) is 18.9 Å². The molecule has 0 aliphatic carbocycles. The van der Waals surface area contributed by atoms with Gasteiger partial charge in [-0.25, -0.2) is 4.98 Å². The van der Waals surface area contributed by atoms with Gasteiger partial charge in [-0.15, -0.1) is 0 Å². The number of aromatic nitrogens is 1. The van der Waals surface area contributed by atoms with Crippen LogP contribution in [0.25, 0.3) is 0 Å². The molecule has 0 aliphatic rings. The zero-order chi connectivity index (χ0) is 12.2. The van der Waals surface area contributed by atoms with E-state index in [2.05, 4.69) is 20.9 Å². The molecular formula is C11H17BrN2O2. The summed E-state index contributed by atoms with van der Waals surface area (Å²) in [4.78, 5) is 4.06. The SMILES string of the molecule is CC(C)(C)OCCOc1ncc(Br)cc1N. The Hall–Kier alpha value is -0.810. The third kappa shape index (κ3) is 4.81. The molecule has 0 bridgehead atoms. The molecular weight excluding hydrogens is 272 g/mol.